The van der Waals surface area contributed by atoms with Crippen molar-refractivity contribution in [3.63, 3.8) is 0 Å². The van der Waals surface area contributed by atoms with Gasteiger partial charge in [0.2, 0.25) is 0 Å². The van der Waals surface area contributed by atoms with Crippen molar-refractivity contribution in [1.82, 2.24) is 14.9 Å². The van der Waals surface area contributed by atoms with Crippen molar-refractivity contribution >= 4 is 46.2 Å². The summed E-state index contributed by atoms with van der Waals surface area (Å²) >= 11 is 7.30. The normalized spacial score (nSPS) is 18.5. The summed E-state index contributed by atoms with van der Waals surface area (Å²) in [5.41, 5.74) is 1.40. The molecule has 0 saturated carbocycles. The lowest BCUT2D eigenvalue weighted by atomic mass is 10.2. The van der Waals surface area contributed by atoms with E-state index in [4.69, 9.17) is 11.6 Å². The van der Waals surface area contributed by atoms with Gasteiger partial charge in [0, 0.05) is 25.6 Å². The molecule has 1 aliphatic heterocycles. The van der Waals surface area contributed by atoms with Crippen LogP contribution in [0.1, 0.15) is 5.56 Å². The van der Waals surface area contributed by atoms with E-state index in [1.54, 1.807) is 43.8 Å². The second-order valence-corrected chi connectivity index (χ2v) is 5.84. The van der Waals surface area contributed by atoms with Gasteiger partial charge in [-0.15, -0.1) is 0 Å². The zero-order chi connectivity index (χ0) is 15.5. The van der Waals surface area contributed by atoms with Gasteiger partial charge in [-0.2, -0.15) is 0 Å². The second-order valence-electron chi connectivity index (χ2n) is 4.47. The molecular formula is C15H11ClN4OS. The first kappa shape index (κ1) is 14.7. The fourth-order valence-electron chi connectivity index (χ4n) is 1.83. The zero-order valence-electron chi connectivity index (χ0n) is 11.6. The average Bonchev–Trinajstić information content (AvgIpc) is 2.79. The lowest BCUT2D eigenvalue weighted by Crippen LogP contribution is -2.23. The molecule has 110 valence electrons. The van der Waals surface area contributed by atoms with E-state index in [0.29, 0.717) is 20.9 Å². The van der Waals surface area contributed by atoms with Crippen LogP contribution in [0.2, 0.25) is 5.15 Å². The number of aliphatic imine (C=N–C) groups is 1. The third-order valence-corrected chi connectivity index (χ3v) is 4.29. The number of hydrogen-bond donors (Lipinski definition) is 0. The molecule has 1 amide bonds. The van der Waals surface area contributed by atoms with Crippen LogP contribution in [0.15, 0.2) is 52.8 Å². The van der Waals surface area contributed by atoms with E-state index in [1.165, 1.54) is 16.7 Å². The fraction of sp³-hybridized carbons (Fsp3) is 0.0667. The number of carbonyl (C=O) groups excluding carboxylic acids is 1. The maximum Gasteiger partial charge on any atom is 0.266 e. The molecule has 0 aromatic carbocycles. The molecule has 0 unspecified atom stereocenters. The quantitative estimate of drug-likeness (QED) is 0.625. The minimum absolute atomic E-state index is 0.104. The Morgan fingerprint density at radius 1 is 1.32 bits per heavy atom. The molecule has 0 spiro atoms. The maximum atomic E-state index is 12.3. The molecular weight excluding hydrogens is 320 g/mol. The van der Waals surface area contributed by atoms with Crippen molar-refractivity contribution < 1.29 is 4.79 Å². The summed E-state index contributed by atoms with van der Waals surface area (Å²) in [6.45, 7) is 0. The lowest BCUT2D eigenvalue weighted by molar-refractivity contribution is -0.121. The number of aromatic nitrogens is 2. The number of rotatable bonds is 2. The van der Waals surface area contributed by atoms with Crippen molar-refractivity contribution in [2.45, 2.75) is 0 Å². The van der Waals surface area contributed by atoms with Crippen molar-refractivity contribution in [3.05, 3.63) is 58.5 Å². The van der Waals surface area contributed by atoms with Crippen molar-refractivity contribution in [1.29, 1.82) is 0 Å². The molecule has 1 fully saturated rings. The molecule has 5 nitrogen and oxygen atoms in total. The second kappa shape index (κ2) is 6.29. The first-order chi connectivity index (χ1) is 10.6. The van der Waals surface area contributed by atoms with Crippen LogP contribution >= 0.6 is 23.4 Å². The summed E-state index contributed by atoms with van der Waals surface area (Å²) < 4.78 is 0. The summed E-state index contributed by atoms with van der Waals surface area (Å²) in [6, 6.07) is 7.22. The Morgan fingerprint density at radius 2 is 2.14 bits per heavy atom. The topological polar surface area (TPSA) is 58.5 Å². The number of pyridine rings is 2. The summed E-state index contributed by atoms with van der Waals surface area (Å²) in [6.07, 6.45) is 6.78. The van der Waals surface area contributed by atoms with E-state index in [2.05, 4.69) is 15.0 Å². The molecule has 22 heavy (non-hydrogen) atoms. The minimum atomic E-state index is -0.104. The minimum Gasteiger partial charge on any atom is -0.290 e. The van der Waals surface area contributed by atoms with E-state index in [0.717, 1.165) is 5.56 Å². The van der Waals surface area contributed by atoms with E-state index in [9.17, 15) is 4.79 Å². The highest BCUT2D eigenvalue weighted by molar-refractivity contribution is 8.18. The van der Waals surface area contributed by atoms with Crippen LogP contribution in [-0.4, -0.2) is 33.0 Å². The summed E-state index contributed by atoms with van der Waals surface area (Å²) in [5.74, 6) is -0.104. The third-order valence-electron chi connectivity index (χ3n) is 2.94. The van der Waals surface area contributed by atoms with Crippen LogP contribution < -0.4 is 0 Å². The predicted octanol–water partition coefficient (Wildman–Crippen LogP) is 3.36. The van der Waals surface area contributed by atoms with E-state index in [1.807, 2.05) is 12.1 Å². The van der Waals surface area contributed by atoms with E-state index in [-0.39, 0.29) is 5.91 Å². The number of thioether (sulfide) groups is 1. The molecule has 3 rings (SSSR count). The molecule has 0 atom stereocenters. The largest absolute Gasteiger partial charge is 0.290 e. The van der Waals surface area contributed by atoms with Gasteiger partial charge < -0.3 is 0 Å². The highest BCUT2D eigenvalue weighted by Crippen LogP contribution is 2.34. The smallest absolute Gasteiger partial charge is 0.266 e. The van der Waals surface area contributed by atoms with Gasteiger partial charge in [-0.05, 0) is 41.6 Å². The number of carbonyl (C=O) groups is 1. The van der Waals surface area contributed by atoms with Crippen molar-refractivity contribution in [2.75, 3.05) is 7.05 Å². The number of hydrogen-bond acceptors (Lipinski definition) is 5. The highest BCUT2D eigenvalue weighted by Gasteiger charge is 2.30. The Labute approximate surface area is 136 Å². The van der Waals surface area contributed by atoms with Crippen molar-refractivity contribution in [3.8, 4) is 0 Å². The molecule has 7 heteroatoms. The van der Waals surface area contributed by atoms with Crippen LogP contribution in [0.4, 0.5) is 5.69 Å². The molecule has 0 aliphatic carbocycles. The van der Waals surface area contributed by atoms with Crippen LogP contribution in [0.5, 0.6) is 0 Å². The number of halogens is 1. The van der Waals surface area contributed by atoms with Gasteiger partial charge in [0.05, 0.1) is 4.91 Å². The molecule has 0 radical (unpaired) electrons. The molecule has 1 saturated heterocycles. The third kappa shape index (κ3) is 3.03. The van der Waals surface area contributed by atoms with Gasteiger partial charge in [-0.1, -0.05) is 17.7 Å². The average molecular weight is 331 g/mol. The standard InChI is InChI=1S/C15H11ClN4OS/c1-20-14(21)12(8-10-4-2-6-17-9-10)22-15(20)19-11-5-3-7-18-13(11)16/h2-9H,1H3/b12-8-,19-15?. The van der Waals surface area contributed by atoms with Gasteiger partial charge in [0.25, 0.3) is 5.91 Å². The molecule has 2 aromatic rings. The Bertz CT molecular complexity index is 776. The van der Waals surface area contributed by atoms with E-state index >= 15 is 0 Å². The molecule has 3 heterocycles. The molecule has 0 bridgehead atoms. The Morgan fingerprint density at radius 3 is 2.86 bits per heavy atom. The van der Waals surface area contributed by atoms with Gasteiger partial charge >= 0.3 is 0 Å². The summed E-state index contributed by atoms with van der Waals surface area (Å²) in [7, 11) is 1.68. The van der Waals surface area contributed by atoms with Gasteiger partial charge in [-0.3, -0.25) is 14.7 Å². The van der Waals surface area contributed by atoms with Crippen LogP contribution in [0.3, 0.4) is 0 Å². The number of amides is 1. The number of likely N-dealkylation sites (N-methyl/N-ethyl adjacent to an activating group) is 1. The molecule has 0 N–H and O–H groups in total. The Balaban J connectivity index is 1.92. The van der Waals surface area contributed by atoms with Crippen LogP contribution in [-0.2, 0) is 4.79 Å². The van der Waals surface area contributed by atoms with Crippen molar-refractivity contribution in [2.24, 2.45) is 4.99 Å². The Hall–Kier alpha value is -2.18. The van der Waals surface area contributed by atoms with Gasteiger partial charge in [0.1, 0.15) is 5.69 Å². The first-order valence-electron chi connectivity index (χ1n) is 6.42. The first-order valence-corrected chi connectivity index (χ1v) is 7.61. The van der Waals surface area contributed by atoms with Gasteiger partial charge in [0.15, 0.2) is 10.3 Å². The summed E-state index contributed by atoms with van der Waals surface area (Å²) in [4.78, 5) is 26.8. The lowest BCUT2D eigenvalue weighted by Gasteiger charge is -2.07. The molecule has 2 aromatic heterocycles. The zero-order valence-corrected chi connectivity index (χ0v) is 13.2. The molecule has 1 aliphatic rings. The monoisotopic (exact) mass is 330 g/mol. The van der Waals surface area contributed by atoms with Crippen LogP contribution in [0.25, 0.3) is 6.08 Å². The van der Waals surface area contributed by atoms with Crippen LogP contribution in [0, 0.1) is 0 Å². The van der Waals surface area contributed by atoms with E-state index < -0.39 is 0 Å². The summed E-state index contributed by atoms with van der Waals surface area (Å²) in [5, 5.41) is 0.871. The fourth-order valence-corrected chi connectivity index (χ4v) is 2.97. The Kier molecular flexibility index (Phi) is 4.22. The highest BCUT2D eigenvalue weighted by atomic mass is 35.5. The number of nitrogens with zero attached hydrogens (tertiary/aromatic N) is 4. The SMILES string of the molecule is CN1C(=O)/C(=C/c2cccnc2)SC1=Nc1cccnc1Cl. The predicted molar refractivity (Wildman–Crippen MR) is 88.9 cm³/mol. The number of amidine groups is 1. The maximum absolute atomic E-state index is 12.3. The van der Waals surface area contributed by atoms with Gasteiger partial charge in [-0.25, -0.2) is 9.98 Å².